The number of hydrogen-bond acceptors (Lipinski definition) is 8. The van der Waals surface area contributed by atoms with Crippen molar-refractivity contribution in [3.05, 3.63) is 71.2 Å². The Morgan fingerprint density at radius 2 is 2.05 bits per heavy atom. The topological polar surface area (TPSA) is 140 Å². The minimum Gasteiger partial charge on any atom is -0.487 e. The summed E-state index contributed by atoms with van der Waals surface area (Å²) in [5.74, 6) is -3.25. The van der Waals surface area contributed by atoms with E-state index in [0.717, 1.165) is 6.07 Å². The SMILES string of the molecule is [2H]C(NC(=O)c1cc(-c2ccc3nc(NC(=O)CO)cn3n2)cnc1C)c1cc(F)cc(F)c1OC1CCOCC1. The van der Waals surface area contributed by atoms with E-state index in [1.807, 2.05) is 0 Å². The van der Waals surface area contributed by atoms with Gasteiger partial charge >= 0.3 is 0 Å². The lowest BCUT2D eigenvalue weighted by atomic mass is 10.1. The zero-order valence-corrected chi connectivity index (χ0v) is 21.4. The number of ether oxygens (including phenoxy) is 2. The molecule has 3 N–H and O–H groups in total. The molecule has 0 bridgehead atoms. The number of nitrogens with one attached hydrogen (secondary N) is 2. The largest absolute Gasteiger partial charge is 0.487 e. The molecule has 1 unspecified atom stereocenters. The fraction of sp³-hybridized carbons (Fsp3) is 0.296. The first-order valence-corrected chi connectivity index (χ1v) is 12.4. The summed E-state index contributed by atoms with van der Waals surface area (Å²) in [6.45, 7) is 0.262. The smallest absolute Gasteiger partial charge is 0.253 e. The highest BCUT2D eigenvalue weighted by Gasteiger charge is 2.21. The summed E-state index contributed by atoms with van der Waals surface area (Å²) in [6, 6.07) is 6.48. The lowest BCUT2D eigenvalue weighted by Crippen LogP contribution is -2.28. The third kappa shape index (κ3) is 6.05. The van der Waals surface area contributed by atoms with Gasteiger partial charge < -0.3 is 25.2 Å². The Morgan fingerprint density at radius 1 is 1.25 bits per heavy atom. The van der Waals surface area contributed by atoms with Gasteiger partial charge in [-0.25, -0.2) is 18.3 Å². The summed E-state index contributed by atoms with van der Waals surface area (Å²) in [4.78, 5) is 33.2. The molecule has 0 aliphatic carbocycles. The van der Waals surface area contributed by atoms with Crippen molar-refractivity contribution in [3.8, 4) is 17.0 Å². The van der Waals surface area contributed by atoms with E-state index in [1.165, 1.54) is 23.0 Å². The minimum absolute atomic E-state index is 0.131. The molecule has 4 heterocycles. The van der Waals surface area contributed by atoms with Crippen LogP contribution in [0.3, 0.4) is 0 Å². The molecule has 40 heavy (non-hydrogen) atoms. The van der Waals surface area contributed by atoms with Crippen molar-refractivity contribution in [2.75, 3.05) is 25.1 Å². The molecule has 1 saturated heterocycles. The van der Waals surface area contributed by atoms with Crippen LogP contribution in [0.15, 0.2) is 42.7 Å². The first-order chi connectivity index (χ1) is 19.7. The molecular formula is C27H26F2N6O5. The van der Waals surface area contributed by atoms with E-state index in [1.54, 1.807) is 19.1 Å². The number of aliphatic hydroxyl groups excluding tert-OH is 1. The maximum Gasteiger partial charge on any atom is 0.253 e. The number of carbonyl (C=O) groups excluding carboxylic acids is 2. The number of nitrogens with zero attached hydrogens (tertiary/aromatic N) is 4. The van der Waals surface area contributed by atoms with Crippen LogP contribution in [0.4, 0.5) is 14.6 Å². The first-order valence-electron chi connectivity index (χ1n) is 13.0. The van der Waals surface area contributed by atoms with Gasteiger partial charge in [0.05, 0.1) is 37.7 Å². The van der Waals surface area contributed by atoms with Crippen LogP contribution < -0.4 is 15.4 Å². The average Bonchev–Trinajstić information content (AvgIpc) is 3.36. The van der Waals surface area contributed by atoms with E-state index >= 15 is 0 Å². The van der Waals surface area contributed by atoms with Gasteiger partial charge in [-0.1, -0.05) is 0 Å². The fourth-order valence-corrected chi connectivity index (χ4v) is 4.18. The maximum absolute atomic E-state index is 14.7. The number of aromatic nitrogens is 4. The molecule has 2 amide bonds. The Labute approximate surface area is 228 Å². The minimum atomic E-state index is -1.54. The third-order valence-corrected chi connectivity index (χ3v) is 6.21. The van der Waals surface area contributed by atoms with E-state index in [4.69, 9.17) is 16.0 Å². The first kappa shape index (κ1) is 25.8. The molecule has 0 saturated carbocycles. The summed E-state index contributed by atoms with van der Waals surface area (Å²) in [5.41, 5.74) is 1.67. The van der Waals surface area contributed by atoms with Gasteiger partial charge in [0.2, 0.25) is 0 Å². The van der Waals surface area contributed by atoms with Gasteiger partial charge in [-0.2, -0.15) is 5.10 Å². The number of carbonyl (C=O) groups is 2. The number of fused-ring (bicyclic) bond motifs is 1. The molecule has 5 rings (SSSR count). The molecule has 1 aromatic carbocycles. The molecule has 1 aliphatic heterocycles. The van der Waals surface area contributed by atoms with Crippen molar-refractivity contribution in [2.24, 2.45) is 0 Å². The second-order valence-electron chi connectivity index (χ2n) is 9.06. The monoisotopic (exact) mass is 553 g/mol. The predicted octanol–water partition coefficient (Wildman–Crippen LogP) is 2.80. The van der Waals surface area contributed by atoms with Crippen molar-refractivity contribution in [3.63, 3.8) is 0 Å². The summed E-state index contributed by atoms with van der Waals surface area (Å²) in [6.07, 6.45) is 3.65. The quantitative estimate of drug-likeness (QED) is 0.303. The number of amides is 2. The molecule has 1 atom stereocenters. The molecule has 13 heteroatoms. The van der Waals surface area contributed by atoms with Crippen LogP contribution in [0.2, 0.25) is 0 Å². The predicted molar refractivity (Wildman–Crippen MR) is 139 cm³/mol. The number of benzene rings is 1. The number of hydrogen-bond donors (Lipinski definition) is 3. The lowest BCUT2D eigenvalue weighted by Gasteiger charge is -2.25. The zero-order valence-electron chi connectivity index (χ0n) is 22.4. The van der Waals surface area contributed by atoms with E-state index in [0.29, 0.717) is 54.7 Å². The third-order valence-electron chi connectivity index (χ3n) is 6.21. The summed E-state index contributed by atoms with van der Waals surface area (Å²) in [7, 11) is 0. The van der Waals surface area contributed by atoms with Crippen LogP contribution in [0.25, 0.3) is 16.9 Å². The summed E-state index contributed by atoms with van der Waals surface area (Å²) >= 11 is 0. The number of rotatable bonds is 8. The summed E-state index contributed by atoms with van der Waals surface area (Å²) < 4.78 is 49.9. The van der Waals surface area contributed by atoms with Crippen molar-refractivity contribution in [1.82, 2.24) is 24.9 Å². The molecule has 3 aromatic heterocycles. The second kappa shape index (κ2) is 11.7. The number of halogens is 2. The van der Waals surface area contributed by atoms with Crippen LogP contribution in [0.1, 0.15) is 35.8 Å². The molecular weight excluding hydrogens is 526 g/mol. The van der Waals surface area contributed by atoms with E-state index < -0.39 is 36.6 Å². The van der Waals surface area contributed by atoms with Gasteiger partial charge in [0.1, 0.15) is 18.5 Å². The van der Waals surface area contributed by atoms with Gasteiger partial charge in [-0.05, 0) is 31.2 Å². The molecule has 4 aromatic rings. The Balaban J connectivity index is 1.38. The number of imidazole rings is 1. The van der Waals surface area contributed by atoms with Crippen LogP contribution >= 0.6 is 0 Å². The normalized spacial score (nSPS) is 14.9. The van der Waals surface area contributed by atoms with Crippen molar-refractivity contribution in [1.29, 1.82) is 0 Å². The van der Waals surface area contributed by atoms with Crippen LogP contribution in [-0.2, 0) is 16.1 Å². The maximum atomic E-state index is 14.7. The second-order valence-corrected chi connectivity index (χ2v) is 9.06. The number of aryl methyl sites for hydroxylation is 1. The average molecular weight is 554 g/mol. The van der Waals surface area contributed by atoms with Gasteiger partial charge in [-0.3, -0.25) is 14.6 Å². The Bertz CT molecular complexity index is 1610. The number of anilines is 1. The Morgan fingerprint density at radius 3 is 2.83 bits per heavy atom. The molecule has 0 radical (unpaired) electrons. The van der Waals surface area contributed by atoms with Crippen LogP contribution in [-0.4, -0.2) is 62.4 Å². The molecule has 1 fully saturated rings. The highest BCUT2D eigenvalue weighted by molar-refractivity contribution is 5.96. The fourth-order valence-electron chi connectivity index (χ4n) is 4.18. The van der Waals surface area contributed by atoms with Crippen LogP contribution in [0.5, 0.6) is 5.75 Å². The lowest BCUT2D eigenvalue weighted by molar-refractivity contribution is -0.118. The molecule has 0 spiro atoms. The molecule has 208 valence electrons. The molecule has 11 nitrogen and oxygen atoms in total. The number of aliphatic hydroxyl groups is 1. The van der Waals surface area contributed by atoms with E-state index in [9.17, 15) is 18.4 Å². The standard InChI is InChI=1S/C27H26F2N6O5/c1-15-20(9-16(11-30-15)22-2-3-24-32-23(13-35(24)34-22)33-25(37)14-36)27(38)31-12-17-8-18(28)10-21(29)26(17)40-19-4-6-39-7-5-19/h2-3,8-11,13,19,36H,4-7,12,14H2,1H3,(H,31,38)(H,33,37)/i12D. The highest BCUT2D eigenvalue weighted by atomic mass is 19.1. The number of pyridine rings is 1. The summed E-state index contributed by atoms with van der Waals surface area (Å²) in [5, 5.41) is 18.3. The van der Waals surface area contributed by atoms with E-state index in [-0.39, 0.29) is 28.8 Å². The van der Waals surface area contributed by atoms with Gasteiger partial charge in [0, 0.05) is 42.8 Å². The molecule has 1 aliphatic rings. The van der Waals surface area contributed by atoms with Crippen LogP contribution in [0, 0.1) is 18.6 Å². The van der Waals surface area contributed by atoms with Crippen molar-refractivity contribution >= 4 is 23.3 Å². The van der Waals surface area contributed by atoms with Gasteiger partial charge in [0.15, 0.2) is 23.0 Å². The van der Waals surface area contributed by atoms with Gasteiger partial charge in [0.25, 0.3) is 11.8 Å². The van der Waals surface area contributed by atoms with Crippen molar-refractivity contribution < 1.29 is 34.3 Å². The van der Waals surface area contributed by atoms with Gasteiger partial charge in [-0.15, -0.1) is 0 Å². The highest BCUT2D eigenvalue weighted by Crippen LogP contribution is 2.28. The van der Waals surface area contributed by atoms with E-state index in [2.05, 4.69) is 25.7 Å². The van der Waals surface area contributed by atoms with Crippen molar-refractivity contribution in [2.45, 2.75) is 32.4 Å². The Hall–Kier alpha value is -4.49. The zero-order chi connectivity index (χ0) is 29.1. The Kier molecular flexibility index (Phi) is 7.55.